The average molecular weight is 278 g/mol. The minimum absolute atomic E-state index is 0.0774. The molecule has 6 heteroatoms. The monoisotopic (exact) mass is 278 g/mol. The fourth-order valence-electron chi connectivity index (χ4n) is 2.21. The number of hydrogen-bond acceptors (Lipinski definition) is 5. The van der Waals surface area contributed by atoms with Crippen molar-refractivity contribution in [1.29, 1.82) is 0 Å². The fraction of sp³-hybridized carbons (Fsp3) is 0.643. The van der Waals surface area contributed by atoms with Crippen molar-refractivity contribution in [3.63, 3.8) is 0 Å². The Bertz CT molecular complexity index is 429. The Balaban J connectivity index is 1.97. The molecule has 0 aliphatic carbocycles. The maximum absolute atomic E-state index is 12.3. The van der Waals surface area contributed by atoms with Gasteiger partial charge in [-0.05, 0) is 31.4 Å². The first-order chi connectivity index (χ1) is 9.72. The van der Waals surface area contributed by atoms with E-state index in [2.05, 4.69) is 22.4 Å². The van der Waals surface area contributed by atoms with Crippen molar-refractivity contribution in [2.24, 2.45) is 0 Å². The van der Waals surface area contributed by atoms with Gasteiger partial charge in [-0.25, -0.2) is 0 Å². The summed E-state index contributed by atoms with van der Waals surface area (Å²) >= 11 is 0. The maximum atomic E-state index is 12.3. The van der Waals surface area contributed by atoms with Gasteiger partial charge in [0.15, 0.2) is 5.69 Å². The molecule has 0 radical (unpaired) electrons. The topological polar surface area (TPSA) is 67.4 Å². The molecule has 0 unspecified atom stereocenters. The molecule has 1 amide bonds. The normalized spacial score (nSPS) is 15.9. The van der Waals surface area contributed by atoms with Crippen molar-refractivity contribution in [2.75, 3.05) is 32.1 Å². The van der Waals surface area contributed by atoms with E-state index in [-0.39, 0.29) is 11.9 Å². The van der Waals surface area contributed by atoms with Crippen LogP contribution in [0.15, 0.2) is 12.1 Å². The van der Waals surface area contributed by atoms with Crippen molar-refractivity contribution < 1.29 is 9.53 Å². The third kappa shape index (κ3) is 3.66. The molecule has 0 spiro atoms. The van der Waals surface area contributed by atoms with Crippen molar-refractivity contribution in [3.05, 3.63) is 17.8 Å². The predicted octanol–water partition coefficient (Wildman–Crippen LogP) is 1.55. The molecular weight excluding hydrogens is 256 g/mol. The van der Waals surface area contributed by atoms with E-state index in [0.717, 1.165) is 25.8 Å². The number of carbonyl (C=O) groups excluding carboxylic acids is 1. The van der Waals surface area contributed by atoms with Crippen molar-refractivity contribution in [1.82, 2.24) is 15.1 Å². The van der Waals surface area contributed by atoms with Crippen LogP contribution in [0.25, 0.3) is 0 Å². The number of aromatic nitrogens is 2. The first-order valence-electron chi connectivity index (χ1n) is 7.15. The maximum Gasteiger partial charge on any atom is 0.274 e. The van der Waals surface area contributed by atoms with Crippen molar-refractivity contribution >= 4 is 11.7 Å². The Hall–Kier alpha value is -1.69. The number of hydrogen-bond donors (Lipinski definition) is 1. The minimum atomic E-state index is -0.0774. The van der Waals surface area contributed by atoms with E-state index in [1.807, 2.05) is 7.05 Å². The molecule has 0 aromatic carbocycles. The van der Waals surface area contributed by atoms with Crippen LogP contribution in [0.3, 0.4) is 0 Å². The van der Waals surface area contributed by atoms with Crippen molar-refractivity contribution in [2.45, 2.75) is 32.2 Å². The van der Waals surface area contributed by atoms with Crippen LogP contribution in [0.2, 0.25) is 0 Å². The van der Waals surface area contributed by atoms with Gasteiger partial charge in [0, 0.05) is 32.8 Å². The Morgan fingerprint density at radius 3 is 2.75 bits per heavy atom. The predicted molar refractivity (Wildman–Crippen MR) is 76.7 cm³/mol. The number of nitrogens with one attached hydrogen (secondary N) is 1. The molecule has 2 heterocycles. The lowest BCUT2D eigenvalue weighted by Gasteiger charge is -2.30. The van der Waals surface area contributed by atoms with Crippen LogP contribution >= 0.6 is 0 Å². The highest BCUT2D eigenvalue weighted by molar-refractivity contribution is 5.92. The summed E-state index contributed by atoms with van der Waals surface area (Å²) in [4.78, 5) is 14.1. The second-order valence-electron chi connectivity index (χ2n) is 4.99. The summed E-state index contributed by atoms with van der Waals surface area (Å²) in [5.41, 5.74) is 0.390. The summed E-state index contributed by atoms with van der Waals surface area (Å²) in [6.45, 7) is 4.37. The molecule has 110 valence electrons. The van der Waals surface area contributed by atoms with E-state index in [4.69, 9.17) is 4.74 Å². The molecule has 1 saturated heterocycles. The van der Waals surface area contributed by atoms with E-state index < -0.39 is 0 Å². The first kappa shape index (κ1) is 14.7. The molecule has 1 aromatic rings. The highest BCUT2D eigenvalue weighted by atomic mass is 16.5. The Kier molecular flexibility index (Phi) is 5.29. The molecule has 1 aliphatic heterocycles. The van der Waals surface area contributed by atoms with Gasteiger partial charge in [-0.2, -0.15) is 0 Å². The lowest BCUT2D eigenvalue weighted by molar-refractivity contribution is 0.0358. The minimum Gasteiger partial charge on any atom is -0.381 e. The van der Waals surface area contributed by atoms with Crippen LogP contribution in [0.5, 0.6) is 0 Å². The third-order valence-corrected chi connectivity index (χ3v) is 3.50. The molecular formula is C14H22N4O2. The molecule has 0 atom stereocenters. The smallest absolute Gasteiger partial charge is 0.274 e. The highest BCUT2D eigenvalue weighted by Gasteiger charge is 2.24. The molecule has 0 saturated carbocycles. The SMILES string of the molecule is CCCNc1ccc(C(=O)N(C)C2CCOCC2)nn1. The van der Waals surface area contributed by atoms with Crippen LogP contribution in [-0.2, 0) is 4.74 Å². The number of carbonyl (C=O) groups is 1. The molecule has 1 aliphatic rings. The van der Waals surface area contributed by atoms with Gasteiger partial charge in [0.25, 0.3) is 5.91 Å². The zero-order valence-electron chi connectivity index (χ0n) is 12.1. The summed E-state index contributed by atoms with van der Waals surface area (Å²) < 4.78 is 5.31. The first-order valence-corrected chi connectivity index (χ1v) is 7.15. The van der Waals surface area contributed by atoms with Crippen LogP contribution in [0.4, 0.5) is 5.82 Å². The zero-order chi connectivity index (χ0) is 14.4. The zero-order valence-corrected chi connectivity index (χ0v) is 12.1. The summed E-state index contributed by atoms with van der Waals surface area (Å²) in [6.07, 6.45) is 2.78. The van der Waals surface area contributed by atoms with Crippen LogP contribution < -0.4 is 5.32 Å². The number of amides is 1. The van der Waals surface area contributed by atoms with E-state index in [1.165, 1.54) is 0 Å². The van der Waals surface area contributed by atoms with Gasteiger partial charge in [0.05, 0.1) is 0 Å². The van der Waals surface area contributed by atoms with E-state index in [9.17, 15) is 4.79 Å². The lowest BCUT2D eigenvalue weighted by Crippen LogP contribution is -2.41. The van der Waals surface area contributed by atoms with E-state index in [1.54, 1.807) is 17.0 Å². The van der Waals surface area contributed by atoms with Crippen LogP contribution in [-0.4, -0.2) is 53.9 Å². The Labute approximate surface area is 119 Å². The lowest BCUT2D eigenvalue weighted by atomic mass is 10.1. The van der Waals surface area contributed by atoms with Crippen molar-refractivity contribution in [3.8, 4) is 0 Å². The van der Waals surface area contributed by atoms with E-state index >= 15 is 0 Å². The van der Waals surface area contributed by atoms with E-state index in [0.29, 0.717) is 24.7 Å². The second-order valence-corrected chi connectivity index (χ2v) is 4.99. The van der Waals surface area contributed by atoms with Gasteiger partial charge in [-0.15, -0.1) is 10.2 Å². The quantitative estimate of drug-likeness (QED) is 0.885. The standard InChI is InChI=1S/C14H22N4O2/c1-3-8-15-13-5-4-12(16-17-13)14(19)18(2)11-6-9-20-10-7-11/h4-5,11H,3,6-10H2,1-2H3,(H,15,17). The van der Waals surface area contributed by atoms with Gasteiger partial charge in [0.1, 0.15) is 5.82 Å². The van der Waals surface area contributed by atoms with Crippen LogP contribution in [0, 0.1) is 0 Å². The Morgan fingerprint density at radius 1 is 1.40 bits per heavy atom. The van der Waals surface area contributed by atoms with Gasteiger partial charge in [0.2, 0.25) is 0 Å². The summed E-state index contributed by atoms with van der Waals surface area (Å²) in [7, 11) is 1.82. The summed E-state index contributed by atoms with van der Waals surface area (Å²) in [5.74, 6) is 0.628. The molecule has 1 N–H and O–H groups in total. The average Bonchev–Trinajstić information content (AvgIpc) is 2.53. The summed E-state index contributed by atoms with van der Waals surface area (Å²) in [5, 5.41) is 11.2. The molecule has 1 fully saturated rings. The second kappa shape index (κ2) is 7.19. The van der Waals surface area contributed by atoms with Gasteiger partial charge >= 0.3 is 0 Å². The number of rotatable bonds is 5. The van der Waals surface area contributed by atoms with Crippen LogP contribution in [0.1, 0.15) is 36.7 Å². The number of anilines is 1. The molecule has 6 nitrogen and oxygen atoms in total. The number of ether oxygens (including phenoxy) is 1. The van der Waals surface area contributed by atoms with Gasteiger partial charge in [-0.3, -0.25) is 4.79 Å². The fourth-order valence-corrected chi connectivity index (χ4v) is 2.21. The number of nitrogens with zero attached hydrogens (tertiary/aromatic N) is 3. The van der Waals surface area contributed by atoms with Gasteiger partial charge in [-0.1, -0.05) is 6.92 Å². The largest absolute Gasteiger partial charge is 0.381 e. The van der Waals surface area contributed by atoms with Gasteiger partial charge < -0.3 is 15.0 Å². The molecule has 1 aromatic heterocycles. The Morgan fingerprint density at radius 2 is 2.15 bits per heavy atom. The molecule has 2 rings (SSSR count). The molecule has 0 bridgehead atoms. The third-order valence-electron chi connectivity index (χ3n) is 3.50. The highest BCUT2D eigenvalue weighted by Crippen LogP contribution is 2.15. The molecule has 20 heavy (non-hydrogen) atoms. The summed E-state index contributed by atoms with van der Waals surface area (Å²) in [6, 6.07) is 3.76.